The van der Waals surface area contributed by atoms with Crippen LogP contribution in [0.2, 0.25) is 0 Å². The smallest absolute Gasteiger partial charge is 0.132 e. The number of carbonyl (C=O) groups excluding carboxylic acids is 1. The maximum absolute atomic E-state index is 13.1. The molecule has 2 rings (SSSR count). The van der Waals surface area contributed by atoms with Crippen molar-refractivity contribution >= 4 is 5.97 Å². The first-order valence-electron chi connectivity index (χ1n) is 4.75. The zero-order chi connectivity index (χ0) is 11.5. The van der Waals surface area contributed by atoms with Crippen LogP contribution < -0.4 is 5.11 Å². The molecule has 0 aromatic heterocycles. The van der Waals surface area contributed by atoms with Gasteiger partial charge in [0.15, 0.2) is 0 Å². The number of hydrogen-bond acceptors (Lipinski definition) is 2. The molecule has 0 saturated carbocycles. The Labute approximate surface area is 92.0 Å². The highest BCUT2D eigenvalue weighted by Gasteiger charge is 2.05. The Morgan fingerprint density at radius 1 is 1.00 bits per heavy atom. The van der Waals surface area contributed by atoms with Crippen LogP contribution in [0, 0.1) is 5.82 Å². The maximum atomic E-state index is 13.1. The van der Waals surface area contributed by atoms with Crippen LogP contribution in [-0.2, 0) is 0 Å². The Morgan fingerprint density at radius 2 is 1.69 bits per heavy atom. The van der Waals surface area contributed by atoms with Crippen molar-refractivity contribution in [3.8, 4) is 11.1 Å². The molecule has 0 aliphatic carbocycles. The Balaban J connectivity index is 2.52. The lowest BCUT2D eigenvalue weighted by molar-refractivity contribution is -0.255. The van der Waals surface area contributed by atoms with Gasteiger partial charge in [-0.2, -0.15) is 0 Å². The predicted molar refractivity (Wildman–Crippen MR) is 56.2 cm³/mol. The molecule has 2 aromatic rings. The van der Waals surface area contributed by atoms with E-state index < -0.39 is 17.3 Å². The summed E-state index contributed by atoms with van der Waals surface area (Å²) in [7, 11) is 0. The van der Waals surface area contributed by atoms with Crippen molar-refractivity contribution in [3.05, 3.63) is 59.9 Å². The topological polar surface area (TPSA) is 40.1 Å². The van der Waals surface area contributed by atoms with Gasteiger partial charge in [-0.1, -0.05) is 36.4 Å². The molecule has 0 heterocycles. The molecular weight excluding hydrogens is 207 g/mol. The molecule has 0 bridgehead atoms. The Kier molecular flexibility index (Phi) is 2.68. The summed E-state index contributed by atoms with van der Waals surface area (Å²) in [6.07, 6.45) is 0. The van der Waals surface area contributed by atoms with Gasteiger partial charge in [0.05, 0.1) is 5.97 Å². The summed E-state index contributed by atoms with van der Waals surface area (Å²) in [6, 6.07) is 13.1. The van der Waals surface area contributed by atoms with Crippen molar-refractivity contribution in [3.63, 3.8) is 0 Å². The van der Waals surface area contributed by atoms with Crippen molar-refractivity contribution in [1.29, 1.82) is 0 Å². The highest BCUT2D eigenvalue weighted by molar-refractivity contribution is 5.88. The lowest BCUT2D eigenvalue weighted by Crippen LogP contribution is -2.23. The maximum Gasteiger partial charge on any atom is 0.132 e. The summed E-state index contributed by atoms with van der Waals surface area (Å²) in [5, 5.41) is 10.7. The predicted octanol–water partition coefficient (Wildman–Crippen LogP) is 1.86. The van der Waals surface area contributed by atoms with Crippen molar-refractivity contribution in [2.45, 2.75) is 0 Å². The van der Waals surface area contributed by atoms with Gasteiger partial charge in [0.2, 0.25) is 0 Å². The quantitative estimate of drug-likeness (QED) is 0.767. The fourth-order valence-electron chi connectivity index (χ4n) is 1.49. The van der Waals surface area contributed by atoms with Crippen LogP contribution >= 0.6 is 0 Å². The summed E-state index contributed by atoms with van der Waals surface area (Å²) < 4.78 is 13.1. The van der Waals surface area contributed by atoms with Gasteiger partial charge in [-0.15, -0.1) is 0 Å². The molecule has 0 radical (unpaired) electrons. The minimum absolute atomic E-state index is 0.415. The molecule has 0 amide bonds. The van der Waals surface area contributed by atoms with Gasteiger partial charge in [-0.25, -0.2) is 4.39 Å². The third-order valence-electron chi connectivity index (χ3n) is 2.29. The molecule has 0 fully saturated rings. The number of aromatic carboxylic acids is 1. The standard InChI is InChI=1S/C13H9FO2/c14-12-7-6-10(8-11(12)13(15)16)9-4-2-1-3-5-9/h1-8H,(H,15,16)/p-1. The minimum Gasteiger partial charge on any atom is -0.545 e. The Bertz CT molecular complexity index is 521. The number of hydrogen-bond donors (Lipinski definition) is 0. The molecule has 0 spiro atoms. The molecule has 0 aliphatic heterocycles. The third-order valence-corrected chi connectivity index (χ3v) is 2.29. The SMILES string of the molecule is O=C([O-])c1cc(-c2ccccc2)ccc1F. The van der Waals surface area contributed by atoms with E-state index in [2.05, 4.69) is 0 Å². The van der Waals surface area contributed by atoms with E-state index in [9.17, 15) is 14.3 Å². The first-order valence-corrected chi connectivity index (χ1v) is 4.75. The molecule has 2 nitrogen and oxygen atoms in total. The van der Waals surface area contributed by atoms with Crippen molar-refractivity contribution in [1.82, 2.24) is 0 Å². The van der Waals surface area contributed by atoms with Crippen LogP contribution in [0.3, 0.4) is 0 Å². The third kappa shape index (κ3) is 1.93. The second-order valence-corrected chi connectivity index (χ2v) is 3.35. The lowest BCUT2D eigenvalue weighted by Gasteiger charge is -2.07. The number of halogens is 1. The molecular formula is C13H8FO2-. The molecule has 16 heavy (non-hydrogen) atoms. The second-order valence-electron chi connectivity index (χ2n) is 3.35. The molecule has 0 atom stereocenters. The van der Waals surface area contributed by atoms with Gasteiger partial charge in [0.1, 0.15) is 5.82 Å². The molecule has 3 heteroatoms. The normalized spacial score (nSPS) is 10.1. The fourth-order valence-corrected chi connectivity index (χ4v) is 1.49. The second kappa shape index (κ2) is 4.14. The van der Waals surface area contributed by atoms with Crippen molar-refractivity contribution in [2.75, 3.05) is 0 Å². The molecule has 0 N–H and O–H groups in total. The zero-order valence-corrected chi connectivity index (χ0v) is 8.31. The first-order chi connectivity index (χ1) is 7.68. The number of carbonyl (C=O) groups is 1. The number of carboxylic acids is 1. The van der Waals surface area contributed by atoms with Crippen molar-refractivity contribution in [2.24, 2.45) is 0 Å². The molecule has 2 aromatic carbocycles. The van der Waals surface area contributed by atoms with Crippen molar-refractivity contribution < 1.29 is 14.3 Å². The lowest BCUT2D eigenvalue weighted by atomic mass is 10.0. The summed E-state index contributed by atoms with van der Waals surface area (Å²) in [4.78, 5) is 10.7. The number of rotatable bonds is 2. The largest absolute Gasteiger partial charge is 0.545 e. The van der Waals surface area contributed by atoms with Gasteiger partial charge < -0.3 is 9.90 Å². The van der Waals surface area contributed by atoms with Gasteiger partial charge in [-0.05, 0) is 23.3 Å². The van der Waals surface area contributed by atoms with E-state index in [0.29, 0.717) is 5.56 Å². The van der Waals surface area contributed by atoms with Gasteiger partial charge in [-0.3, -0.25) is 0 Å². The molecule has 0 unspecified atom stereocenters. The van der Waals surface area contributed by atoms with E-state index in [4.69, 9.17) is 0 Å². The molecule has 0 saturated heterocycles. The fraction of sp³-hybridized carbons (Fsp3) is 0. The van der Waals surface area contributed by atoms with E-state index >= 15 is 0 Å². The van der Waals surface area contributed by atoms with E-state index in [0.717, 1.165) is 11.6 Å². The average Bonchev–Trinajstić information content (AvgIpc) is 2.30. The molecule has 0 aliphatic rings. The van der Waals surface area contributed by atoms with E-state index in [1.54, 1.807) is 0 Å². The van der Waals surface area contributed by atoms with E-state index in [-0.39, 0.29) is 0 Å². The summed E-state index contributed by atoms with van der Waals surface area (Å²) in [5.41, 5.74) is 1.08. The van der Waals surface area contributed by atoms with Crippen LogP contribution in [-0.4, -0.2) is 5.97 Å². The average molecular weight is 215 g/mol. The van der Waals surface area contributed by atoms with Gasteiger partial charge >= 0.3 is 0 Å². The first kappa shape index (κ1) is 10.4. The summed E-state index contributed by atoms with van der Waals surface area (Å²) >= 11 is 0. The number of carboxylic acid groups (broad SMARTS) is 1. The van der Waals surface area contributed by atoms with Crippen LogP contribution in [0.4, 0.5) is 4.39 Å². The monoisotopic (exact) mass is 215 g/mol. The van der Waals surface area contributed by atoms with Gasteiger partial charge in [0.25, 0.3) is 0 Å². The van der Waals surface area contributed by atoms with Crippen LogP contribution in [0.15, 0.2) is 48.5 Å². The highest BCUT2D eigenvalue weighted by Crippen LogP contribution is 2.21. The number of benzene rings is 2. The summed E-state index contributed by atoms with van der Waals surface area (Å²) in [5.74, 6) is -2.28. The van der Waals surface area contributed by atoms with Crippen LogP contribution in [0.5, 0.6) is 0 Å². The van der Waals surface area contributed by atoms with Crippen LogP contribution in [0.1, 0.15) is 10.4 Å². The Hall–Kier alpha value is -2.16. The molecule has 80 valence electrons. The minimum atomic E-state index is -1.50. The zero-order valence-electron chi connectivity index (χ0n) is 8.31. The highest BCUT2D eigenvalue weighted by atomic mass is 19.1. The Morgan fingerprint density at radius 3 is 2.31 bits per heavy atom. The van der Waals surface area contributed by atoms with Crippen LogP contribution in [0.25, 0.3) is 11.1 Å². The summed E-state index contributed by atoms with van der Waals surface area (Å²) in [6.45, 7) is 0. The van der Waals surface area contributed by atoms with E-state index in [1.807, 2.05) is 30.3 Å². The van der Waals surface area contributed by atoms with E-state index in [1.165, 1.54) is 12.1 Å². The van der Waals surface area contributed by atoms with Gasteiger partial charge in [0, 0.05) is 5.56 Å².